The van der Waals surface area contributed by atoms with Crippen molar-refractivity contribution in [2.24, 2.45) is 0 Å². The molecule has 0 bridgehead atoms. The summed E-state index contributed by atoms with van der Waals surface area (Å²) in [6.45, 7) is 7.47. The fourth-order valence-electron chi connectivity index (χ4n) is 0.903. The molecule has 0 atom stereocenters. The van der Waals surface area contributed by atoms with Gasteiger partial charge in [-0.3, -0.25) is 4.79 Å². The average molecular weight is 179 g/mol. The fraction of sp³-hybridized carbons (Fsp3) is 0.364. The highest BCUT2D eigenvalue weighted by atomic mass is 16.1. The molecule has 0 aliphatic carbocycles. The van der Waals surface area contributed by atoms with Crippen LogP contribution in [0.25, 0.3) is 0 Å². The van der Waals surface area contributed by atoms with E-state index >= 15 is 0 Å². The van der Waals surface area contributed by atoms with Crippen molar-refractivity contribution < 1.29 is 4.79 Å². The Morgan fingerprint density at radius 2 is 1.77 bits per heavy atom. The Bertz CT molecular complexity index is 269. The predicted molar refractivity (Wildman–Crippen MR) is 56.8 cm³/mol. The highest BCUT2D eigenvalue weighted by Crippen LogP contribution is 2.12. The Morgan fingerprint density at radius 1 is 1.23 bits per heavy atom. The van der Waals surface area contributed by atoms with E-state index in [1.54, 1.807) is 0 Å². The normalized spacial score (nSPS) is 8.31. The maximum Gasteiger partial charge on any atom is 0.221 e. The standard InChI is InChI=1S/C9H11NO.C2H6/c1-7-5-3-4-6-9(7)10-8(2)11;1-2/h3-6H,1-2H3,(H,10,11);1-2H3. The Kier molecular flexibility index (Phi) is 5.60. The molecule has 1 aromatic rings. The lowest BCUT2D eigenvalue weighted by Crippen LogP contribution is -2.06. The highest BCUT2D eigenvalue weighted by Gasteiger charge is 1.96. The summed E-state index contributed by atoms with van der Waals surface area (Å²) in [7, 11) is 0. The van der Waals surface area contributed by atoms with Gasteiger partial charge in [-0.25, -0.2) is 0 Å². The van der Waals surface area contributed by atoms with Crippen molar-refractivity contribution in [1.29, 1.82) is 0 Å². The number of hydrogen-bond donors (Lipinski definition) is 1. The van der Waals surface area contributed by atoms with Crippen molar-refractivity contribution in [2.45, 2.75) is 27.7 Å². The van der Waals surface area contributed by atoms with E-state index in [9.17, 15) is 4.79 Å². The Balaban J connectivity index is 0.000000671. The van der Waals surface area contributed by atoms with Crippen LogP contribution in [-0.4, -0.2) is 5.91 Å². The first-order valence-corrected chi connectivity index (χ1v) is 4.53. The topological polar surface area (TPSA) is 29.1 Å². The SMILES string of the molecule is CC.CC(=O)Nc1ccccc1C. The monoisotopic (exact) mass is 179 g/mol. The molecule has 0 spiro atoms. The number of hydrogen-bond acceptors (Lipinski definition) is 1. The molecule has 2 heteroatoms. The van der Waals surface area contributed by atoms with Crippen LogP contribution in [0.4, 0.5) is 5.69 Å². The maximum absolute atomic E-state index is 10.7. The van der Waals surface area contributed by atoms with Crippen LogP contribution in [0.2, 0.25) is 0 Å². The van der Waals surface area contributed by atoms with Crippen molar-refractivity contribution in [3.05, 3.63) is 29.8 Å². The van der Waals surface area contributed by atoms with Crippen LogP contribution >= 0.6 is 0 Å². The molecule has 72 valence electrons. The van der Waals surface area contributed by atoms with Gasteiger partial charge in [0.25, 0.3) is 0 Å². The van der Waals surface area contributed by atoms with Gasteiger partial charge in [0.2, 0.25) is 5.91 Å². The van der Waals surface area contributed by atoms with E-state index in [1.807, 2.05) is 45.0 Å². The van der Waals surface area contributed by atoms with E-state index in [4.69, 9.17) is 0 Å². The van der Waals surface area contributed by atoms with Gasteiger partial charge in [0.05, 0.1) is 0 Å². The summed E-state index contributed by atoms with van der Waals surface area (Å²) >= 11 is 0. The van der Waals surface area contributed by atoms with E-state index < -0.39 is 0 Å². The van der Waals surface area contributed by atoms with Crippen molar-refractivity contribution in [1.82, 2.24) is 0 Å². The van der Waals surface area contributed by atoms with Gasteiger partial charge in [-0.2, -0.15) is 0 Å². The molecule has 0 heterocycles. The lowest BCUT2D eigenvalue weighted by Gasteiger charge is -2.03. The zero-order valence-corrected chi connectivity index (χ0v) is 8.72. The minimum Gasteiger partial charge on any atom is -0.326 e. The number of carbonyl (C=O) groups excluding carboxylic acids is 1. The summed E-state index contributed by atoms with van der Waals surface area (Å²) in [5, 5.41) is 2.73. The second-order valence-corrected chi connectivity index (χ2v) is 2.50. The summed E-state index contributed by atoms with van der Waals surface area (Å²) in [6.07, 6.45) is 0. The van der Waals surface area contributed by atoms with E-state index in [0.29, 0.717) is 0 Å². The van der Waals surface area contributed by atoms with Crippen molar-refractivity contribution in [3.63, 3.8) is 0 Å². The van der Waals surface area contributed by atoms with Crippen molar-refractivity contribution in [3.8, 4) is 0 Å². The summed E-state index contributed by atoms with van der Waals surface area (Å²) < 4.78 is 0. The van der Waals surface area contributed by atoms with Crippen LogP contribution in [0.5, 0.6) is 0 Å². The van der Waals surface area contributed by atoms with Crippen LogP contribution < -0.4 is 5.32 Å². The molecule has 13 heavy (non-hydrogen) atoms. The number of nitrogens with one attached hydrogen (secondary N) is 1. The zero-order valence-electron chi connectivity index (χ0n) is 8.72. The fourth-order valence-corrected chi connectivity index (χ4v) is 0.903. The molecule has 2 nitrogen and oxygen atoms in total. The van der Waals surface area contributed by atoms with E-state index in [1.165, 1.54) is 6.92 Å². The average Bonchev–Trinajstić information content (AvgIpc) is 2.12. The minimum atomic E-state index is -0.0284. The van der Waals surface area contributed by atoms with Gasteiger partial charge in [0.1, 0.15) is 0 Å². The highest BCUT2D eigenvalue weighted by molar-refractivity contribution is 5.89. The van der Waals surface area contributed by atoms with Gasteiger partial charge in [-0.1, -0.05) is 32.0 Å². The molecule has 0 aliphatic heterocycles. The molecule has 1 N–H and O–H groups in total. The van der Waals surface area contributed by atoms with E-state index in [2.05, 4.69) is 5.32 Å². The molecule has 1 amide bonds. The smallest absolute Gasteiger partial charge is 0.221 e. The largest absolute Gasteiger partial charge is 0.326 e. The second-order valence-electron chi connectivity index (χ2n) is 2.50. The molecular weight excluding hydrogens is 162 g/mol. The first-order valence-electron chi connectivity index (χ1n) is 4.53. The van der Waals surface area contributed by atoms with Crippen molar-refractivity contribution in [2.75, 3.05) is 5.32 Å². The molecule has 0 aliphatic rings. The van der Waals surface area contributed by atoms with Gasteiger partial charge in [0, 0.05) is 12.6 Å². The first kappa shape index (κ1) is 11.7. The molecule has 0 unspecified atom stereocenters. The van der Waals surface area contributed by atoms with E-state index in [0.717, 1.165) is 11.3 Å². The number of anilines is 1. The van der Waals surface area contributed by atoms with Crippen LogP contribution in [-0.2, 0) is 4.79 Å². The number of para-hydroxylation sites is 1. The Labute approximate surface area is 80.0 Å². The molecule has 0 saturated heterocycles. The summed E-state index contributed by atoms with van der Waals surface area (Å²) in [6, 6.07) is 7.70. The molecule has 0 aromatic heterocycles. The Hall–Kier alpha value is -1.31. The molecule has 1 rings (SSSR count). The predicted octanol–water partition coefficient (Wildman–Crippen LogP) is 2.98. The molecule has 0 fully saturated rings. The molecule has 1 aromatic carbocycles. The number of rotatable bonds is 1. The third kappa shape index (κ3) is 4.31. The van der Waals surface area contributed by atoms with Gasteiger partial charge >= 0.3 is 0 Å². The third-order valence-electron chi connectivity index (χ3n) is 1.46. The minimum absolute atomic E-state index is 0.0284. The van der Waals surface area contributed by atoms with E-state index in [-0.39, 0.29) is 5.91 Å². The van der Waals surface area contributed by atoms with Crippen LogP contribution in [0.15, 0.2) is 24.3 Å². The van der Waals surface area contributed by atoms with Crippen LogP contribution in [0.1, 0.15) is 26.3 Å². The molecule has 0 saturated carbocycles. The van der Waals surface area contributed by atoms with Gasteiger partial charge < -0.3 is 5.32 Å². The van der Waals surface area contributed by atoms with Gasteiger partial charge in [-0.05, 0) is 18.6 Å². The quantitative estimate of drug-likeness (QED) is 0.705. The molecule has 0 radical (unpaired) electrons. The molecular formula is C11H17NO. The number of amides is 1. The lowest BCUT2D eigenvalue weighted by atomic mass is 10.2. The van der Waals surface area contributed by atoms with Gasteiger partial charge in [0.15, 0.2) is 0 Å². The number of aryl methyl sites for hydroxylation is 1. The summed E-state index contributed by atoms with van der Waals surface area (Å²) in [5.41, 5.74) is 1.97. The third-order valence-corrected chi connectivity index (χ3v) is 1.46. The lowest BCUT2D eigenvalue weighted by molar-refractivity contribution is -0.114. The van der Waals surface area contributed by atoms with Gasteiger partial charge in [-0.15, -0.1) is 0 Å². The first-order chi connectivity index (χ1) is 6.20. The summed E-state index contributed by atoms with van der Waals surface area (Å²) in [4.78, 5) is 10.7. The number of benzene rings is 1. The second kappa shape index (κ2) is 6.23. The van der Waals surface area contributed by atoms with Crippen LogP contribution in [0, 0.1) is 6.92 Å². The van der Waals surface area contributed by atoms with Crippen molar-refractivity contribution >= 4 is 11.6 Å². The maximum atomic E-state index is 10.7. The zero-order chi connectivity index (χ0) is 10.3. The number of carbonyl (C=O) groups is 1. The Morgan fingerprint density at radius 3 is 2.23 bits per heavy atom. The van der Waals surface area contributed by atoms with Crippen LogP contribution in [0.3, 0.4) is 0 Å². The summed E-state index contributed by atoms with van der Waals surface area (Å²) in [5.74, 6) is -0.0284.